The molecule has 1 aliphatic heterocycles. The average Bonchev–Trinajstić information content (AvgIpc) is 3.14. The fourth-order valence-corrected chi connectivity index (χ4v) is 4.35. The molecule has 1 spiro atoms. The first-order chi connectivity index (χ1) is 8.32. The van der Waals surface area contributed by atoms with E-state index in [9.17, 15) is 4.21 Å². The molecule has 1 saturated heterocycles. The van der Waals surface area contributed by atoms with Crippen LogP contribution in [0.25, 0.3) is 0 Å². The van der Waals surface area contributed by atoms with Crippen LogP contribution in [0.15, 0.2) is 35.2 Å². The molecule has 2 fully saturated rings. The Kier molecular flexibility index (Phi) is 3.05. The van der Waals surface area contributed by atoms with E-state index >= 15 is 0 Å². The molecule has 1 aromatic carbocycles. The average molecular weight is 250 g/mol. The van der Waals surface area contributed by atoms with Gasteiger partial charge >= 0.3 is 0 Å². The maximum atomic E-state index is 12.4. The highest BCUT2D eigenvalue weighted by Crippen LogP contribution is 2.49. The predicted molar refractivity (Wildman–Crippen MR) is 68.2 cm³/mol. The summed E-state index contributed by atoms with van der Waals surface area (Å²) in [5.41, 5.74) is -0.0972. The fourth-order valence-electron chi connectivity index (χ4n) is 2.78. The summed E-state index contributed by atoms with van der Waals surface area (Å²) in [6.45, 7) is 0. The van der Waals surface area contributed by atoms with Crippen LogP contribution in [0.3, 0.4) is 0 Å². The number of rotatable bonds is 2. The topological polar surface area (TPSA) is 29.6 Å². The van der Waals surface area contributed by atoms with Crippen molar-refractivity contribution in [3.8, 4) is 0 Å². The van der Waals surface area contributed by atoms with E-state index < -0.39 is 10.8 Å². The van der Waals surface area contributed by atoms with E-state index in [1.807, 2.05) is 30.3 Å². The SMILES string of the molecule is O=S(c1ccccc1)C1OC12CCCCCC2. The molecule has 2 aliphatic rings. The van der Waals surface area contributed by atoms with E-state index in [1.54, 1.807) is 0 Å². The molecule has 3 heteroatoms. The van der Waals surface area contributed by atoms with Gasteiger partial charge < -0.3 is 4.74 Å². The lowest BCUT2D eigenvalue weighted by Gasteiger charge is -2.07. The van der Waals surface area contributed by atoms with E-state index in [-0.39, 0.29) is 11.0 Å². The molecule has 1 aliphatic carbocycles. The molecule has 17 heavy (non-hydrogen) atoms. The molecule has 0 bridgehead atoms. The molecule has 0 amide bonds. The second kappa shape index (κ2) is 4.54. The standard InChI is InChI=1S/C14H18O2S/c15-17(12-8-4-3-5-9-12)13-14(16-13)10-6-1-2-7-11-14/h3-5,8-9,13H,1-2,6-7,10-11H2. The Morgan fingerprint density at radius 2 is 1.71 bits per heavy atom. The lowest BCUT2D eigenvalue weighted by atomic mass is 10.0. The zero-order chi connectivity index (χ0) is 11.7. The van der Waals surface area contributed by atoms with Crippen LogP contribution in [0, 0.1) is 0 Å². The molecular weight excluding hydrogens is 232 g/mol. The van der Waals surface area contributed by atoms with E-state index in [1.165, 1.54) is 25.7 Å². The van der Waals surface area contributed by atoms with Gasteiger partial charge in [0.05, 0.1) is 10.8 Å². The quantitative estimate of drug-likeness (QED) is 0.754. The highest BCUT2D eigenvalue weighted by Gasteiger charge is 2.59. The first-order valence-electron chi connectivity index (χ1n) is 6.45. The summed E-state index contributed by atoms with van der Waals surface area (Å²) in [7, 11) is -0.991. The smallest absolute Gasteiger partial charge is 0.166 e. The third kappa shape index (κ3) is 2.18. The predicted octanol–water partition coefficient (Wildman–Crippen LogP) is 3.24. The van der Waals surface area contributed by atoms with Gasteiger partial charge in [-0.25, -0.2) is 0 Å². The summed E-state index contributed by atoms with van der Waals surface area (Å²) >= 11 is 0. The van der Waals surface area contributed by atoms with Crippen LogP contribution in [0.2, 0.25) is 0 Å². The summed E-state index contributed by atoms with van der Waals surface area (Å²) in [5.74, 6) is 0. The summed E-state index contributed by atoms with van der Waals surface area (Å²) in [6, 6.07) is 9.70. The molecule has 92 valence electrons. The maximum Gasteiger partial charge on any atom is 0.166 e. The van der Waals surface area contributed by atoms with Crippen LogP contribution in [-0.4, -0.2) is 15.2 Å². The van der Waals surface area contributed by atoms with E-state index in [0.717, 1.165) is 17.7 Å². The number of hydrogen-bond acceptors (Lipinski definition) is 2. The van der Waals surface area contributed by atoms with Crippen LogP contribution < -0.4 is 0 Å². The molecule has 3 rings (SSSR count). The van der Waals surface area contributed by atoms with Gasteiger partial charge in [-0.2, -0.15) is 0 Å². The normalized spacial score (nSPS) is 28.6. The molecule has 1 saturated carbocycles. The number of hydrogen-bond donors (Lipinski definition) is 0. The highest BCUT2D eigenvalue weighted by molar-refractivity contribution is 7.85. The summed E-state index contributed by atoms with van der Waals surface area (Å²) < 4.78 is 18.2. The van der Waals surface area contributed by atoms with Gasteiger partial charge in [-0.05, 0) is 25.0 Å². The zero-order valence-corrected chi connectivity index (χ0v) is 10.7. The summed E-state index contributed by atoms with van der Waals surface area (Å²) in [4.78, 5) is 0.902. The minimum atomic E-state index is -0.991. The van der Waals surface area contributed by atoms with Gasteiger partial charge in [0.1, 0.15) is 5.60 Å². The van der Waals surface area contributed by atoms with E-state index in [4.69, 9.17) is 4.74 Å². The Morgan fingerprint density at radius 3 is 2.35 bits per heavy atom. The number of ether oxygens (including phenoxy) is 1. The molecule has 0 aromatic heterocycles. The van der Waals surface area contributed by atoms with Crippen LogP contribution >= 0.6 is 0 Å². The Balaban J connectivity index is 1.73. The van der Waals surface area contributed by atoms with Crippen molar-refractivity contribution in [2.45, 2.75) is 54.5 Å². The first-order valence-corrected chi connectivity index (χ1v) is 7.67. The van der Waals surface area contributed by atoms with Gasteiger partial charge in [0.25, 0.3) is 0 Å². The lowest BCUT2D eigenvalue weighted by Crippen LogP contribution is -2.17. The zero-order valence-electron chi connectivity index (χ0n) is 9.93. The molecule has 2 unspecified atom stereocenters. The van der Waals surface area contributed by atoms with Crippen LogP contribution in [0.5, 0.6) is 0 Å². The van der Waals surface area contributed by atoms with E-state index in [0.29, 0.717) is 0 Å². The second-order valence-electron chi connectivity index (χ2n) is 5.04. The third-order valence-electron chi connectivity index (χ3n) is 3.83. The van der Waals surface area contributed by atoms with Crippen LogP contribution in [0.1, 0.15) is 38.5 Å². The van der Waals surface area contributed by atoms with Crippen molar-refractivity contribution in [2.24, 2.45) is 0 Å². The second-order valence-corrected chi connectivity index (χ2v) is 6.53. The van der Waals surface area contributed by atoms with Gasteiger partial charge in [-0.15, -0.1) is 0 Å². The molecule has 1 aromatic rings. The van der Waals surface area contributed by atoms with Gasteiger partial charge in [0, 0.05) is 4.90 Å². The van der Waals surface area contributed by atoms with Crippen molar-refractivity contribution in [1.29, 1.82) is 0 Å². The molecular formula is C14H18O2S. The van der Waals surface area contributed by atoms with E-state index in [2.05, 4.69) is 0 Å². The monoisotopic (exact) mass is 250 g/mol. The Morgan fingerprint density at radius 1 is 1.06 bits per heavy atom. The molecule has 0 N–H and O–H groups in total. The van der Waals surface area contributed by atoms with Gasteiger partial charge in [0.2, 0.25) is 0 Å². The minimum absolute atomic E-state index is 0.0444. The van der Waals surface area contributed by atoms with Crippen molar-refractivity contribution in [3.63, 3.8) is 0 Å². The van der Waals surface area contributed by atoms with Crippen molar-refractivity contribution in [3.05, 3.63) is 30.3 Å². The van der Waals surface area contributed by atoms with Crippen LogP contribution in [-0.2, 0) is 15.5 Å². The fraction of sp³-hybridized carbons (Fsp3) is 0.571. The Bertz CT molecular complexity index is 407. The maximum absolute atomic E-state index is 12.4. The van der Waals surface area contributed by atoms with Crippen molar-refractivity contribution < 1.29 is 8.95 Å². The number of benzene rings is 1. The van der Waals surface area contributed by atoms with Crippen molar-refractivity contribution in [1.82, 2.24) is 0 Å². The third-order valence-corrected chi connectivity index (χ3v) is 5.49. The van der Waals surface area contributed by atoms with Crippen molar-refractivity contribution >= 4 is 10.8 Å². The van der Waals surface area contributed by atoms with Gasteiger partial charge in [-0.1, -0.05) is 43.9 Å². The van der Waals surface area contributed by atoms with Crippen molar-refractivity contribution in [2.75, 3.05) is 0 Å². The summed E-state index contributed by atoms with van der Waals surface area (Å²) in [6.07, 6.45) is 7.24. The first kappa shape index (κ1) is 11.4. The molecule has 2 atom stereocenters. The Hall–Kier alpha value is -0.670. The lowest BCUT2D eigenvalue weighted by molar-refractivity contribution is 0.275. The molecule has 1 heterocycles. The largest absolute Gasteiger partial charge is 0.351 e. The highest BCUT2D eigenvalue weighted by atomic mass is 32.2. The molecule has 0 radical (unpaired) electrons. The van der Waals surface area contributed by atoms with Gasteiger partial charge in [0.15, 0.2) is 5.44 Å². The minimum Gasteiger partial charge on any atom is -0.351 e. The molecule has 2 nitrogen and oxygen atoms in total. The summed E-state index contributed by atoms with van der Waals surface area (Å²) in [5, 5.41) is 0. The Labute approximate surface area is 105 Å². The van der Waals surface area contributed by atoms with Crippen LogP contribution in [0.4, 0.5) is 0 Å². The van der Waals surface area contributed by atoms with Gasteiger partial charge in [-0.3, -0.25) is 4.21 Å². The number of epoxide rings is 1.